The van der Waals surface area contributed by atoms with Gasteiger partial charge in [0, 0.05) is 26.4 Å². The topological polar surface area (TPSA) is 128 Å². The highest BCUT2D eigenvalue weighted by Crippen LogP contribution is 2.15. The van der Waals surface area contributed by atoms with Gasteiger partial charge in [0.1, 0.15) is 11.5 Å². The van der Waals surface area contributed by atoms with Gasteiger partial charge < -0.3 is 16.2 Å². The zero-order valence-corrected chi connectivity index (χ0v) is 10.3. The van der Waals surface area contributed by atoms with E-state index in [2.05, 4.69) is 15.5 Å². The number of hydrogen-bond donors (Lipinski definition) is 3. The molecule has 0 fully saturated rings. The molecule has 4 N–H and O–H groups in total. The standard InChI is InChI=1S/C10H12N6O3/c1-15-4-5(8(14-15)10(18)19)12-9(17)6-3-7(11)13-16(6)2/h3-4H,1-2H3,(H2,11,13)(H,12,17)(H,18,19). The first-order chi connectivity index (χ1) is 8.88. The first-order valence-corrected chi connectivity index (χ1v) is 5.26. The highest BCUT2D eigenvalue weighted by Gasteiger charge is 2.19. The van der Waals surface area contributed by atoms with Gasteiger partial charge in [0.25, 0.3) is 5.91 Å². The number of nitrogens with zero attached hydrogens (tertiary/aromatic N) is 4. The lowest BCUT2D eigenvalue weighted by molar-refractivity contribution is 0.0690. The van der Waals surface area contributed by atoms with Crippen molar-refractivity contribution in [2.75, 3.05) is 11.1 Å². The summed E-state index contributed by atoms with van der Waals surface area (Å²) in [5.74, 6) is -1.53. The van der Waals surface area contributed by atoms with Crippen molar-refractivity contribution in [2.45, 2.75) is 0 Å². The predicted molar refractivity (Wildman–Crippen MR) is 65.7 cm³/mol. The van der Waals surface area contributed by atoms with Gasteiger partial charge in [-0.2, -0.15) is 10.2 Å². The Balaban J connectivity index is 2.29. The molecule has 0 aliphatic rings. The highest BCUT2D eigenvalue weighted by molar-refractivity contribution is 6.06. The van der Waals surface area contributed by atoms with Gasteiger partial charge >= 0.3 is 5.97 Å². The Morgan fingerprint density at radius 3 is 2.58 bits per heavy atom. The summed E-state index contributed by atoms with van der Waals surface area (Å²) >= 11 is 0. The van der Waals surface area contributed by atoms with Gasteiger partial charge in [0.05, 0.1) is 5.69 Å². The van der Waals surface area contributed by atoms with Crippen LogP contribution in [0.2, 0.25) is 0 Å². The minimum absolute atomic E-state index is 0.111. The van der Waals surface area contributed by atoms with Crippen LogP contribution in [0, 0.1) is 0 Å². The van der Waals surface area contributed by atoms with Gasteiger partial charge in [-0.3, -0.25) is 14.2 Å². The Morgan fingerprint density at radius 1 is 1.37 bits per heavy atom. The Hall–Kier alpha value is -2.84. The molecule has 0 aliphatic heterocycles. The second kappa shape index (κ2) is 4.44. The van der Waals surface area contributed by atoms with Crippen molar-refractivity contribution in [3.8, 4) is 0 Å². The molecule has 2 aromatic rings. The van der Waals surface area contributed by atoms with Gasteiger partial charge in [0.15, 0.2) is 5.69 Å². The molecule has 0 saturated carbocycles. The Bertz CT molecular complexity index is 656. The molecule has 100 valence electrons. The molecule has 2 aromatic heterocycles. The Morgan fingerprint density at radius 2 is 2.05 bits per heavy atom. The monoisotopic (exact) mass is 264 g/mol. The fourth-order valence-corrected chi connectivity index (χ4v) is 1.63. The molecule has 0 aliphatic carbocycles. The van der Waals surface area contributed by atoms with E-state index in [1.54, 1.807) is 14.1 Å². The number of aromatic carboxylic acids is 1. The third-order valence-corrected chi connectivity index (χ3v) is 2.41. The van der Waals surface area contributed by atoms with Crippen molar-refractivity contribution < 1.29 is 14.7 Å². The second-order valence-electron chi connectivity index (χ2n) is 3.90. The number of carboxylic acids is 1. The van der Waals surface area contributed by atoms with Crippen LogP contribution in [-0.4, -0.2) is 36.5 Å². The number of carbonyl (C=O) groups is 2. The summed E-state index contributed by atoms with van der Waals surface area (Å²) in [6.45, 7) is 0. The number of nitrogens with two attached hydrogens (primary N) is 1. The smallest absolute Gasteiger partial charge is 0.358 e. The predicted octanol–water partition coefficient (Wildman–Crippen LogP) is -0.314. The number of amides is 1. The molecular weight excluding hydrogens is 252 g/mol. The maximum absolute atomic E-state index is 12.0. The van der Waals surface area contributed by atoms with E-state index < -0.39 is 11.9 Å². The van der Waals surface area contributed by atoms with E-state index in [1.807, 2.05) is 0 Å². The van der Waals surface area contributed by atoms with Crippen molar-refractivity contribution in [3.05, 3.63) is 23.7 Å². The molecule has 1 amide bonds. The molecule has 0 saturated heterocycles. The van der Waals surface area contributed by atoms with Crippen LogP contribution in [-0.2, 0) is 14.1 Å². The van der Waals surface area contributed by atoms with E-state index in [4.69, 9.17) is 10.8 Å². The van der Waals surface area contributed by atoms with E-state index in [0.717, 1.165) is 0 Å². The van der Waals surface area contributed by atoms with Crippen LogP contribution in [0.5, 0.6) is 0 Å². The van der Waals surface area contributed by atoms with Crippen LogP contribution in [0.3, 0.4) is 0 Å². The average Bonchev–Trinajstić information content (AvgIpc) is 2.81. The largest absolute Gasteiger partial charge is 0.476 e. The van der Waals surface area contributed by atoms with E-state index in [0.29, 0.717) is 0 Å². The zero-order chi connectivity index (χ0) is 14.2. The number of carbonyl (C=O) groups excluding carboxylic acids is 1. The molecule has 0 spiro atoms. The number of hydrogen-bond acceptors (Lipinski definition) is 5. The van der Waals surface area contributed by atoms with Crippen LogP contribution in [0.1, 0.15) is 21.0 Å². The van der Waals surface area contributed by atoms with Gasteiger partial charge in [-0.1, -0.05) is 0 Å². The summed E-state index contributed by atoms with van der Waals surface area (Å²) in [5.41, 5.74) is 5.57. The number of carboxylic acid groups (broad SMARTS) is 1. The summed E-state index contributed by atoms with van der Waals surface area (Å²) < 4.78 is 2.61. The molecule has 19 heavy (non-hydrogen) atoms. The fourth-order valence-electron chi connectivity index (χ4n) is 1.63. The molecule has 0 atom stereocenters. The van der Waals surface area contributed by atoms with E-state index >= 15 is 0 Å². The van der Waals surface area contributed by atoms with Crippen molar-refractivity contribution in [1.29, 1.82) is 0 Å². The molecule has 9 nitrogen and oxygen atoms in total. The van der Waals surface area contributed by atoms with Gasteiger partial charge in [-0.15, -0.1) is 0 Å². The summed E-state index contributed by atoms with van der Waals surface area (Å²) in [7, 11) is 3.12. The van der Waals surface area contributed by atoms with Gasteiger partial charge in [-0.25, -0.2) is 4.79 Å². The Labute approximate surface area is 107 Å². The molecule has 2 heterocycles. The lowest BCUT2D eigenvalue weighted by Crippen LogP contribution is -2.17. The van der Waals surface area contributed by atoms with Gasteiger partial charge in [-0.05, 0) is 0 Å². The number of aromatic nitrogens is 4. The number of anilines is 2. The molecule has 9 heteroatoms. The third kappa shape index (κ3) is 2.39. The van der Waals surface area contributed by atoms with Crippen molar-refractivity contribution >= 4 is 23.4 Å². The highest BCUT2D eigenvalue weighted by atomic mass is 16.4. The van der Waals surface area contributed by atoms with Crippen molar-refractivity contribution in [3.63, 3.8) is 0 Å². The van der Waals surface area contributed by atoms with Crippen LogP contribution >= 0.6 is 0 Å². The van der Waals surface area contributed by atoms with Crippen LogP contribution < -0.4 is 11.1 Å². The minimum Gasteiger partial charge on any atom is -0.476 e. The van der Waals surface area contributed by atoms with E-state index in [1.165, 1.54) is 21.6 Å². The maximum Gasteiger partial charge on any atom is 0.358 e. The average molecular weight is 264 g/mol. The molecule has 0 aromatic carbocycles. The normalized spacial score (nSPS) is 10.4. The second-order valence-corrected chi connectivity index (χ2v) is 3.90. The van der Waals surface area contributed by atoms with Crippen molar-refractivity contribution in [1.82, 2.24) is 19.6 Å². The van der Waals surface area contributed by atoms with Crippen molar-refractivity contribution in [2.24, 2.45) is 14.1 Å². The SMILES string of the molecule is Cn1cc(NC(=O)c2cc(N)nn2C)c(C(=O)O)n1. The Kier molecular flexibility index (Phi) is 2.95. The molecular formula is C10H12N6O3. The van der Waals surface area contributed by atoms with Crippen LogP contribution in [0.15, 0.2) is 12.3 Å². The quantitative estimate of drug-likeness (QED) is 0.697. The first kappa shape index (κ1) is 12.6. The lowest BCUT2D eigenvalue weighted by Gasteiger charge is -2.03. The summed E-state index contributed by atoms with van der Waals surface area (Å²) in [5, 5.41) is 19.0. The summed E-state index contributed by atoms with van der Waals surface area (Å²) in [6.07, 6.45) is 1.40. The molecule has 2 rings (SSSR count). The molecule has 0 bridgehead atoms. The summed E-state index contributed by atoms with van der Waals surface area (Å²) in [6, 6.07) is 1.39. The van der Waals surface area contributed by atoms with E-state index in [9.17, 15) is 9.59 Å². The number of nitrogen functional groups attached to an aromatic ring is 1. The number of rotatable bonds is 3. The fraction of sp³-hybridized carbons (Fsp3) is 0.200. The lowest BCUT2D eigenvalue weighted by atomic mass is 10.3. The number of aryl methyl sites for hydroxylation is 2. The van der Waals surface area contributed by atoms with Crippen LogP contribution in [0.25, 0.3) is 0 Å². The first-order valence-electron chi connectivity index (χ1n) is 5.26. The molecule has 0 radical (unpaired) electrons. The minimum atomic E-state index is -1.22. The van der Waals surface area contributed by atoms with Gasteiger partial charge in [0.2, 0.25) is 0 Å². The molecule has 0 unspecified atom stereocenters. The number of nitrogens with one attached hydrogen (secondary N) is 1. The maximum atomic E-state index is 12.0. The van der Waals surface area contributed by atoms with E-state index in [-0.39, 0.29) is 22.9 Å². The third-order valence-electron chi connectivity index (χ3n) is 2.41. The zero-order valence-electron chi connectivity index (χ0n) is 10.3. The summed E-state index contributed by atoms with van der Waals surface area (Å²) in [4.78, 5) is 22.9. The van der Waals surface area contributed by atoms with Crippen LogP contribution in [0.4, 0.5) is 11.5 Å².